The highest BCUT2D eigenvalue weighted by Crippen LogP contribution is 2.44. The second-order valence-electron chi connectivity index (χ2n) is 6.01. The first-order chi connectivity index (χ1) is 12.0. The van der Waals surface area contributed by atoms with Gasteiger partial charge >= 0.3 is 0 Å². The Hall–Kier alpha value is -1.22. The molecule has 5 rings (SSSR count). The molecular weight excluding hydrogens is 414 g/mol. The molecule has 0 atom stereocenters. The van der Waals surface area contributed by atoms with Crippen LogP contribution in [0.3, 0.4) is 0 Å². The SMILES string of the molecule is Clc1c(Cl)c(Cl)c2cc3cc4cc5sccc5cc4cc3cc2c1Cl. The molecule has 25 heavy (non-hydrogen) atoms. The lowest BCUT2D eigenvalue weighted by molar-refractivity contribution is 1.78. The van der Waals surface area contributed by atoms with Gasteiger partial charge in [0.25, 0.3) is 0 Å². The topological polar surface area (TPSA) is 0 Å². The van der Waals surface area contributed by atoms with Gasteiger partial charge in [0.2, 0.25) is 0 Å². The van der Waals surface area contributed by atoms with E-state index >= 15 is 0 Å². The second kappa shape index (κ2) is 5.64. The number of hydrogen-bond acceptors (Lipinski definition) is 1. The van der Waals surface area contributed by atoms with Crippen molar-refractivity contribution >= 4 is 100 Å². The minimum Gasteiger partial charge on any atom is -0.144 e. The first kappa shape index (κ1) is 16.0. The zero-order chi connectivity index (χ0) is 17.3. The van der Waals surface area contributed by atoms with Gasteiger partial charge in [-0.1, -0.05) is 46.4 Å². The third kappa shape index (κ3) is 2.34. The maximum Gasteiger partial charge on any atom is 0.0800 e. The van der Waals surface area contributed by atoms with E-state index in [9.17, 15) is 0 Å². The predicted molar refractivity (Wildman–Crippen MR) is 114 cm³/mol. The molecule has 0 saturated heterocycles. The van der Waals surface area contributed by atoms with Crippen LogP contribution in [0.4, 0.5) is 0 Å². The van der Waals surface area contributed by atoms with Gasteiger partial charge in [0, 0.05) is 15.5 Å². The molecule has 1 heterocycles. The number of fused-ring (bicyclic) bond motifs is 4. The first-order valence-corrected chi connectivity index (χ1v) is 9.92. The van der Waals surface area contributed by atoms with Crippen molar-refractivity contribution in [3.63, 3.8) is 0 Å². The molecule has 0 aliphatic heterocycles. The summed E-state index contributed by atoms with van der Waals surface area (Å²) in [5.74, 6) is 0. The molecule has 5 heteroatoms. The van der Waals surface area contributed by atoms with Crippen molar-refractivity contribution in [3.05, 3.63) is 67.9 Å². The molecule has 0 aliphatic rings. The molecule has 0 fully saturated rings. The second-order valence-corrected chi connectivity index (χ2v) is 8.47. The smallest absolute Gasteiger partial charge is 0.0800 e. The van der Waals surface area contributed by atoms with Gasteiger partial charge in [-0.25, -0.2) is 0 Å². The van der Waals surface area contributed by atoms with E-state index < -0.39 is 0 Å². The summed E-state index contributed by atoms with van der Waals surface area (Å²) in [4.78, 5) is 0. The van der Waals surface area contributed by atoms with Crippen molar-refractivity contribution < 1.29 is 0 Å². The molecule has 1 aromatic heterocycles. The van der Waals surface area contributed by atoms with E-state index in [0.29, 0.717) is 20.1 Å². The fourth-order valence-corrected chi connectivity index (χ4v) is 5.11. The van der Waals surface area contributed by atoms with Gasteiger partial charge in [0.05, 0.1) is 20.1 Å². The molecule has 0 spiro atoms. The van der Waals surface area contributed by atoms with Crippen molar-refractivity contribution in [2.24, 2.45) is 0 Å². The normalized spacial score (nSPS) is 12.0. The summed E-state index contributed by atoms with van der Waals surface area (Å²) in [6, 6.07) is 15.0. The molecule has 0 nitrogen and oxygen atoms in total. The van der Waals surface area contributed by atoms with Crippen LogP contribution >= 0.6 is 57.7 Å². The average Bonchev–Trinajstić information content (AvgIpc) is 3.07. The van der Waals surface area contributed by atoms with Gasteiger partial charge in [-0.2, -0.15) is 0 Å². The van der Waals surface area contributed by atoms with Crippen molar-refractivity contribution in [2.75, 3.05) is 0 Å². The standard InChI is InChI=1S/C20H8Cl4S/c21-17-14-6-11-4-10-3-9-1-2-25-16(9)8-13(10)5-12(11)7-15(14)18(22)20(24)19(17)23/h1-8H. The molecule has 5 aromatic rings. The van der Waals surface area contributed by atoms with Crippen LogP contribution < -0.4 is 0 Å². The van der Waals surface area contributed by atoms with Gasteiger partial charge in [0.15, 0.2) is 0 Å². The van der Waals surface area contributed by atoms with Crippen molar-refractivity contribution in [1.29, 1.82) is 0 Å². The Morgan fingerprint density at radius 2 is 1.00 bits per heavy atom. The van der Waals surface area contributed by atoms with E-state index in [4.69, 9.17) is 46.4 Å². The van der Waals surface area contributed by atoms with E-state index in [1.54, 1.807) is 11.3 Å². The van der Waals surface area contributed by atoms with Crippen molar-refractivity contribution in [3.8, 4) is 0 Å². The maximum absolute atomic E-state index is 6.41. The van der Waals surface area contributed by atoms with E-state index in [-0.39, 0.29) is 0 Å². The van der Waals surface area contributed by atoms with Crippen molar-refractivity contribution in [2.45, 2.75) is 0 Å². The fourth-order valence-electron chi connectivity index (χ4n) is 3.30. The Morgan fingerprint density at radius 3 is 1.60 bits per heavy atom. The van der Waals surface area contributed by atoms with Gasteiger partial charge in [-0.15, -0.1) is 11.3 Å². The summed E-state index contributed by atoms with van der Waals surface area (Å²) in [5, 5.41) is 11.0. The molecule has 0 aliphatic carbocycles. The number of thiophene rings is 1. The van der Waals surface area contributed by atoms with Crippen LogP contribution in [0.5, 0.6) is 0 Å². The largest absolute Gasteiger partial charge is 0.144 e. The van der Waals surface area contributed by atoms with Crippen LogP contribution in [0.2, 0.25) is 20.1 Å². The fraction of sp³-hybridized carbons (Fsp3) is 0. The lowest BCUT2D eigenvalue weighted by Crippen LogP contribution is -1.84. The van der Waals surface area contributed by atoms with E-state index in [1.165, 1.54) is 20.9 Å². The molecule has 0 radical (unpaired) electrons. The maximum atomic E-state index is 6.41. The Balaban J connectivity index is 1.95. The third-order valence-electron chi connectivity index (χ3n) is 4.55. The summed E-state index contributed by atoms with van der Waals surface area (Å²) in [6.45, 7) is 0. The van der Waals surface area contributed by atoms with Gasteiger partial charge in [-0.05, 0) is 74.8 Å². The summed E-state index contributed by atoms with van der Waals surface area (Å²) in [5.41, 5.74) is 0. The Labute approximate surface area is 167 Å². The summed E-state index contributed by atoms with van der Waals surface area (Å²) in [7, 11) is 0. The summed E-state index contributed by atoms with van der Waals surface area (Å²) < 4.78 is 1.28. The van der Waals surface area contributed by atoms with Crippen LogP contribution in [-0.2, 0) is 0 Å². The molecule has 122 valence electrons. The number of halogens is 4. The molecule has 0 saturated carbocycles. The van der Waals surface area contributed by atoms with E-state index in [0.717, 1.165) is 21.5 Å². The zero-order valence-electron chi connectivity index (χ0n) is 12.5. The van der Waals surface area contributed by atoms with Crippen LogP contribution in [0, 0.1) is 0 Å². The van der Waals surface area contributed by atoms with Crippen LogP contribution in [0.15, 0.2) is 47.8 Å². The molecule has 0 bridgehead atoms. The zero-order valence-corrected chi connectivity index (χ0v) is 16.4. The predicted octanol–water partition coefficient (Wildman–Crippen LogP) is 8.97. The minimum absolute atomic E-state index is 0.293. The lowest BCUT2D eigenvalue weighted by Gasteiger charge is -2.11. The summed E-state index contributed by atoms with van der Waals surface area (Å²) in [6.07, 6.45) is 0. The highest BCUT2D eigenvalue weighted by atomic mass is 35.5. The summed E-state index contributed by atoms with van der Waals surface area (Å²) >= 11 is 27.0. The lowest BCUT2D eigenvalue weighted by atomic mass is 9.99. The van der Waals surface area contributed by atoms with Crippen molar-refractivity contribution in [1.82, 2.24) is 0 Å². The van der Waals surface area contributed by atoms with E-state index in [1.807, 2.05) is 12.1 Å². The van der Waals surface area contributed by atoms with Gasteiger partial charge in [0.1, 0.15) is 0 Å². The average molecular weight is 422 g/mol. The highest BCUT2D eigenvalue weighted by Gasteiger charge is 2.15. The number of benzene rings is 4. The molecular formula is C20H8Cl4S. The van der Waals surface area contributed by atoms with Gasteiger partial charge in [-0.3, -0.25) is 0 Å². The Bertz CT molecular complexity index is 1230. The Kier molecular flexibility index (Phi) is 3.61. The van der Waals surface area contributed by atoms with Crippen LogP contribution in [0.1, 0.15) is 0 Å². The minimum atomic E-state index is 0.293. The third-order valence-corrected chi connectivity index (χ3v) is 7.27. The molecule has 0 N–H and O–H groups in total. The molecule has 0 amide bonds. The quantitative estimate of drug-likeness (QED) is 0.133. The number of rotatable bonds is 0. The number of hydrogen-bond donors (Lipinski definition) is 0. The molecule has 4 aromatic carbocycles. The van der Waals surface area contributed by atoms with Gasteiger partial charge < -0.3 is 0 Å². The van der Waals surface area contributed by atoms with Crippen LogP contribution in [0.25, 0.3) is 42.4 Å². The highest BCUT2D eigenvalue weighted by molar-refractivity contribution is 7.17. The van der Waals surface area contributed by atoms with Crippen LogP contribution in [-0.4, -0.2) is 0 Å². The first-order valence-electron chi connectivity index (χ1n) is 7.53. The van der Waals surface area contributed by atoms with E-state index in [2.05, 4.69) is 35.7 Å². The monoisotopic (exact) mass is 420 g/mol. The molecule has 0 unspecified atom stereocenters. The Morgan fingerprint density at radius 1 is 0.520 bits per heavy atom.